The number of aromatic nitrogens is 1. The van der Waals surface area contributed by atoms with Crippen LogP contribution >= 0.6 is 0 Å². The van der Waals surface area contributed by atoms with Crippen LogP contribution in [0, 0.1) is 0 Å². The van der Waals surface area contributed by atoms with E-state index in [0.29, 0.717) is 4.57 Å². The summed E-state index contributed by atoms with van der Waals surface area (Å²) in [5, 5.41) is 35.3. The maximum Gasteiger partial charge on any atom is 0.353 e. The van der Waals surface area contributed by atoms with Gasteiger partial charge in [-0.2, -0.15) is 0 Å². The van der Waals surface area contributed by atoms with E-state index < -0.39 is 46.4 Å². The Hall–Kier alpha value is -2.84. The van der Waals surface area contributed by atoms with Crippen LogP contribution in [-0.2, 0) is 7.05 Å². The van der Waals surface area contributed by atoms with E-state index in [1.54, 1.807) is 0 Å². The van der Waals surface area contributed by atoms with Crippen molar-refractivity contribution in [3.8, 4) is 0 Å². The lowest BCUT2D eigenvalue weighted by Gasteiger charge is -2.00. The molecule has 0 aliphatic rings. The van der Waals surface area contributed by atoms with Crippen LogP contribution in [-0.4, -0.2) is 48.9 Å². The highest BCUT2D eigenvalue weighted by molar-refractivity contribution is 6.14. The summed E-state index contributed by atoms with van der Waals surface area (Å²) in [5.41, 5.74) is -3.93. The van der Waals surface area contributed by atoms with E-state index >= 15 is 0 Å². The van der Waals surface area contributed by atoms with Gasteiger partial charge in [-0.25, -0.2) is 19.2 Å². The van der Waals surface area contributed by atoms with E-state index in [0.717, 1.165) is 7.05 Å². The number of aromatic carboxylic acids is 4. The minimum Gasteiger partial charge on any atom is -0.478 e. The third kappa shape index (κ3) is 1.77. The van der Waals surface area contributed by atoms with E-state index in [1.165, 1.54) is 0 Å². The molecule has 0 spiro atoms. The fourth-order valence-electron chi connectivity index (χ4n) is 1.60. The van der Waals surface area contributed by atoms with Crippen LogP contribution in [0.1, 0.15) is 41.7 Å². The third-order valence-corrected chi connectivity index (χ3v) is 2.23. The molecule has 0 atom stereocenters. The molecule has 9 heteroatoms. The smallest absolute Gasteiger partial charge is 0.353 e. The number of hydrogen-bond donors (Lipinski definition) is 4. The number of carboxylic acid groups (broad SMARTS) is 4. The first kappa shape index (κ1) is 13.2. The van der Waals surface area contributed by atoms with Gasteiger partial charge in [-0.15, -0.1) is 0 Å². The molecule has 1 rings (SSSR count). The number of rotatable bonds is 4. The van der Waals surface area contributed by atoms with Crippen LogP contribution < -0.4 is 0 Å². The van der Waals surface area contributed by atoms with Gasteiger partial charge in [0.25, 0.3) is 0 Å². The highest BCUT2D eigenvalue weighted by atomic mass is 16.4. The molecule has 0 fully saturated rings. The molecule has 0 saturated carbocycles. The molecular weight excluding hydrogens is 250 g/mol. The molecule has 4 N–H and O–H groups in total. The lowest BCUT2D eigenvalue weighted by Crippen LogP contribution is -2.13. The van der Waals surface area contributed by atoms with Crippen LogP contribution in [0.15, 0.2) is 0 Å². The Kier molecular flexibility index (Phi) is 3.09. The Morgan fingerprint density at radius 2 is 1.00 bits per heavy atom. The minimum absolute atomic E-state index is 0.511. The molecule has 0 bridgehead atoms. The van der Waals surface area contributed by atoms with E-state index in [2.05, 4.69) is 0 Å². The molecule has 1 heterocycles. The molecular formula is C9H7NO8. The number of carbonyl (C=O) groups is 4. The largest absolute Gasteiger partial charge is 0.478 e. The first-order chi connectivity index (χ1) is 8.20. The van der Waals surface area contributed by atoms with Gasteiger partial charge in [-0.3, -0.25) is 0 Å². The van der Waals surface area contributed by atoms with Crippen LogP contribution in [0.2, 0.25) is 0 Å². The predicted molar refractivity (Wildman–Crippen MR) is 53.3 cm³/mol. The van der Waals surface area contributed by atoms with Crippen molar-refractivity contribution < 1.29 is 39.6 Å². The van der Waals surface area contributed by atoms with Crippen molar-refractivity contribution >= 4 is 23.9 Å². The molecule has 18 heavy (non-hydrogen) atoms. The van der Waals surface area contributed by atoms with E-state index in [-0.39, 0.29) is 0 Å². The van der Waals surface area contributed by atoms with Gasteiger partial charge < -0.3 is 25.0 Å². The third-order valence-electron chi connectivity index (χ3n) is 2.23. The lowest BCUT2D eigenvalue weighted by atomic mass is 10.1. The van der Waals surface area contributed by atoms with Crippen molar-refractivity contribution in [3.05, 3.63) is 22.5 Å². The summed E-state index contributed by atoms with van der Waals surface area (Å²) in [5.74, 6) is -7.12. The van der Waals surface area contributed by atoms with E-state index in [9.17, 15) is 19.2 Å². The molecule has 1 aromatic heterocycles. The van der Waals surface area contributed by atoms with Gasteiger partial charge >= 0.3 is 23.9 Å². The molecule has 0 aliphatic heterocycles. The average Bonchev–Trinajstić information content (AvgIpc) is 2.51. The molecule has 1 aromatic rings. The molecule has 9 nitrogen and oxygen atoms in total. The van der Waals surface area contributed by atoms with Crippen molar-refractivity contribution in [2.75, 3.05) is 0 Å². The second-order valence-electron chi connectivity index (χ2n) is 3.23. The molecule has 0 unspecified atom stereocenters. The maximum absolute atomic E-state index is 10.9. The summed E-state index contributed by atoms with van der Waals surface area (Å²) >= 11 is 0. The van der Waals surface area contributed by atoms with Crippen molar-refractivity contribution in [1.82, 2.24) is 4.57 Å². The van der Waals surface area contributed by atoms with Crippen LogP contribution in [0.5, 0.6) is 0 Å². The van der Waals surface area contributed by atoms with Crippen molar-refractivity contribution in [1.29, 1.82) is 0 Å². The summed E-state index contributed by atoms with van der Waals surface area (Å²) in [4.78, 5) is 43.6. The minimum atomic E-state index is -1.83. The van der Waals surface area contributed by atoms with E-state index in [1.807, 2.05) is 0 Å². The second-order valence-corrected chi connectivity index (χ2v) is 3.23. The molecule has 0 saturated heterocycles. The SMILES string of the molecule is Cn1c(C(=O)O)c(C(=O)O)c(C(=O)O)c1C(=O)O. The lowest BCUT2D eigenvalue weighted by molar-refractivity contribution is 0.0628. The van der Waals surface area contributed by atoms with Gasteiger partial charge in [0, 0.05) is 7.05 Å². The average molecular weight is 257 g/mol. The number of hydrogen-bond acceptors (Lipinski definition) is 4. The Balaban J connectivity index is 3.92. The predicted octanol–water partition coefficient (Wildman–Crippen LogP) is -0.182. The second kappa shape index (κ2) is 4.20. The van der Waals surface area contributed by atoms with Crippen molar-refractivity contribution in [2.24, 2.45) is 7.05 Å². The summed E-state index contributed by atoms with van der Waals surface area (Å²) < 4.78 is 0.511. The van der Waals surface area contributed by atoms with Crippen LogP contribution in [0.25, 0.3) is 0 Å². The van der Waals surface area contributed by atoms with Gasteiger partial charge in [-0.1, -0.05) is 0 Å². The van der Waals surface area contributed by atoms with Crippen LogP contribution in [0.4, 0.5) is 0 Å². The van der Waals surface area contributed by atoms with Gasteiger partial charge in [-0.05, 0) is 0 Å². The van der Waals surface area contributed by atoms with Crippen molar-refractivity contribution in [3.63, 3.8) is 0 Å². The van der Waals surface area contributed by atoms with Crippen LogP contribution in [0.3, 0.4) is 0 Å². The zero-order chi connectivity index (χ0) is 14.2. The maximum atomic E-state index is 10.9. The topological polar surface area (TPSA) is 154 Å². The highest BCUT2D eigenvalue weighted by Gasteiger charge is 2.35. The van der Waals surface area contributed by atoms with Crippen molar-refractivity contribution in [2.45, 2.75) is 0 Å². The molecule has 96 valence electrons. The summed E-state index contributed by atoms with van der Waals surface area (Å²) in [6, 6.07) is 0. The Bertz CT molecular complexity index is 532. The highest BCUT2D eigenvalue weighted by Crippen LogP contribution is 2.23. The van der Waals surface area contributed by atoms with Gasteiger partial charge in [0.2, 0.25) is 0 Å². The first-order valence-electron chi connectivity index (χ1n) is 4.36. The summed E-state index contributed by atoms with van der Waals surface area (Å²) in [7, 11) is 0.964. The Morgan fingerprint density at radius 3 is 1.17 bits per heavy atom. The molecule has 0 radical (unpaired) electrons. The summed E-state index contributed by atoms with van der Waals surface area (Å²) in [6.07, 6.45) is 0. The number of carboxylic acids is 4. The quantitative estimate of drug-likeness (QED) is 0.578. The van der Waals surface area contributed by atoms with Gasteiger partial charge in [0.15, 0.2) is 0 Å². The van der Waals surface area contributed by atoms with E-state index in [4.69, 9.17) is 20.4 Å². The fourth-order valence-corrected chi connectivity index (χ4v) is 1.60. The monoisotopic (exact) mass is 257 g/mol. The molecule has 0 aliphatic carbocycles. The van der Waals surface area contributed by atoms with Gasteiger partial charge in [0.05, 0.1) is 0 Å². The Labute approximate surface area is 98.5 Å². The zero-order valence-electron chi connectivity index (χ0n) is 8.87. The standard InChI is InChI=1S/C9H7NO8/c1-10-4(8(15)16)2(6(11)12)3(7(13)14)5(10)9(17)18/h1H3,(H,11,12)(H,13,14)(H,15,16)(H,17,18). The fraction of sp³-hybridized carbons (Fsp3) is 0.111. The summed E-state index contributed by atoms with van der Waals surface area (Å²) in [6.45, 7) is 0. The van der Waals surface area contributed by atoms with Gasteiger partial charge in [0.1, 0.15) is 22.5 Å². The molecule has 0 amide bonds. The zero-order valence-corrected chi connectivity index (χ0v) is 8.87. The Morgan fingerprint density at radius 1 is 0.722 bits per heavy atom. The molecule has 0 aromatic carbocycles. The first-order valence-corrected chi connectivity index (χ1v) is 4.36. The normalized spacial score (nSPS) is 10.1. The number of nitrogens with zero attached hydrogens (tertiary/aromatic N) is 1.